The van der Waals surface area contributed by atoms with Gasteiger partial charge >= 0.3 is 6.18 Å². The van der Waals surface area contributed by atoms with E-state index < -0.39 is 12.1 Å². The van der Waals surface area contributed by atoms with Crippen molar-refractivity contribution in [3.63, 3.8) is 0 Å². The number of nitrogens with one attached hydrogen (secondary N) is 1. The van der Waals surface area contributed by atoms with E-state index in [0.29, 0.717) is 19.4 Å². The summed E-state index contributed by atoms with van der Waals surface area (Å²) >= 11 is 0. The number of rotatable bonds is 5. The molecular formula is C15H23F3N2O. The summed E-state index contributed by atoms with van der Waals surface area (Å²) in [5, 5.41) is 3.39. The zero-order chi connectivity index (χ0) is 15.5. The third-order valence-corrected chi connectivity index (χ3v) is 4.28. The number of hydrogen-bond acceptors (Lipinski definition) is 3. The number of halogens is 3. The van der Waals surface area contributed by atoms with Crippen molar-refractivity contribution in [2.24, 2.45) is 5.92 Å². The van der Waals surface area contributed by atoms with Gasteiger partial charge in [0.05, 0.1) is 18.2 Å². The minimum Gasteiger partial charge on any atom is -0.468 e. The Labute approximate surface area is 123 Å². The Morgan fingerprint density at radius 1 is 1.29 bits per heavy atom. The molecule has 0 spiro atoms. The molecule has 120 valence electrons. The van der Waals surface area contributed by atoms with E-state index in [-0.39, 0.29) is 24.9 Å². The van der Waals surface area contributed by atoms with E-state index in [9.17, 15) is 13.2 Å². The molecule has 2 rings (SSSR count). The van der Waals surface area contributed by atoms with Gasteiger partial charge in [-0.25, -0.2) is 0 Å². The second-order valence-electron chi connectivity index (χ2n) is 5.99. The number of hydrogen-bond donors (Lipinski definition) is 1. The van der Waals surface area contributed by atoms with Gasteiger partial charge in [-0.1, -0.05) is 0 Å². The van der Waals surface area contributed by atoms with Crippen LogP contribution in [0.15, 0.2) is 22.8 Å². The lowest BCUT2D eigenvalue weighted by molar-refractivity contribution is -0.182. The first kappa shape index (κ1) is 16.4. The SMILES string of the molecule is CN(C)C(CNC1CCC(C(F)(F)F)CC1)c1ccco1. The Hall–Kier alpha value is -1.01. The number of furan rings is 1. The molecule has 1 aromatic rings. The highest BCUT2D eigenvalue weighted by Crippen LogP contribution is 2.37. The van der Waals surface area contributed by atoms with Gasteiger partial charge in [-0.3, -0.25) is 4.90 Å². The van der Waals surface area contributed by atoms with E-state index in [4.69, 9.17) is 4.42 Å². The van der Waals surface area contributed by atoms with Crippen LogP contribution in [0.5, 0.6) is 0 Å². The normalized spacial score (nSPS) is 25.2. The van der Waals surface area contributed by atoms with Crippen LogP contribution >= 0.6 is 0 Å². The summed E-state index contributed by atoms with van der Waals surface area (Å²) < 4.78 is 43.3. The number of alkyl halides is 3. The molecule has 0 radical (unpaired) electrons. The first-order chi connectivity index (χ1) is 9.88. The molecule has 0 aliphatic heterocycles. The molecular weight excluding hydrogens is 281 g/mol. The van der Waals surface area contributed by atoms with Crippen LogP contribution in [-0.4, -0.2) is 37.8 Å². The van der Waals surface area contributed by atoms with Crippen molar-refractivity contribution < 1.29 is 17.6 Å². The molecule has 1 unspecified atom stereocenters. The molecule has 1 aliphatic carbocycles. The summed E-state index contributed by atoms with van der Waals surface area (Å²) in [5.74, 6) is -0.248. The smallest absolute Gasteiger partial charge is 0.391 e. The molecule has 1 heterocycles. The van der Waals surface area contributed by atoms with Gasteiger partial charge < -0.3 is 9.73 Å². The second-order valence-corrected chi connectivity index (χ2v) is 5.99. The lowest BCUT2D eigenvalue weighted by atomic mass is 9.85. The predicted molar refractivity (Wildman–Crippen MR) is 74.9 cm³/mol. The molecule has 21 heavy (non-hydrogen) atoms. The molecule has 1 aliphatic rings. The summed E-state index contributed by atoms with van der Waals surface area (Å²) in [4.78, 5) is 2.05. The second kappa shape index (κ2) is 6.83. The zero-order valence-electron chi connectivity index (χ0n) is 12.5. The summed E-state index contributed by atoms with van der Waals surface area (Å²) in [6, 6.07) is 4.04. The Morgan fingerprint density at radius 3 is 2.43 bits per heavy atom. The minimum atomic E-state index is -4.04. The van der Waals surface area contributed by atoms with Crippen molar-refractivity contribution in [2.45, 2.75) is 43.9 Å². The molecule has 3 nitrogen and oxygen atoms in total. The molecule has 0 aromatic carbocycles. The van der Waals surface area contributed by atoms with Crippen LogP contribution < -0.4 is 5.32 Å². The van der Waals surface area contributed by atoms with Gasteiger partial charge in [0.1, 0.15) is 5.76 Å². The highest BCUT2D eigenvalue weighted by atomic mass is 19.4. The predicted octanol–water partition coefficient (Wildman–Crippen LogP) is 3.59. The topological polar surface area (TPSA) is 28.4 Å². The third-order valence-electron chi connectivity index (χ3n) is 4.28. The fourth-order valence-electron chi connectivity index (χ4n) is 2.92. The van der Waals surface area contributed by atoms with E-state index in [1.807, 2.05) is 31.1 Å². The monoisotopic (exact) mass is 304 g/mol. The summed E-state index contributed by atoms with van der Waals surface area (Å²) in [6.45, 7) is 0.682. The molecule has 1 saturated carbocycles. The van der Waals surface area contributed by atoms with Crippen molar-refractivity contribution in [3.05, 3.63) is 24.2 Å². The van der Waals surface area contributed by atoms with E-state index in [1.165, 1.54) is 0 Å². The van der Waals surface area contributed by atoms with Gasteiger partial charge in [0.25, 0.3) is 0 Å². The molecule has 1 aromatic heterocycles. The fourth-order valence-corrected chi connectivity index (χ4v) is 2.92. The van der Waals surface area contributed by atoms with Gasteiger partial charge in [-0.05, 0) is 51.9 Å². The molecule has 0 bridgehead atoms. The minimum absolute atomic E-state index is 0.0975. The van der Waals surface area contributed by atoms with Crippen molar-refractivity contribution in [2.75, 3.05) is 20.6 Å². The van der Waals surface area contributed by atoms with Crippen LogP contribution in [0.1, 0.15) is 37.5 Å². The summed E-state index contributed by atoms with van der Waals surface area (Å²) in [7, 11) is 3.94. The molecule has 1 fully saturated rings. The van der Waals surface area contributed by atoms with Crippen LogP contribution in [0.25, 0.3) is 0 Å². The molecule has 6 heteroatoms. The van der Waals surface area contributed by atoms with Gasteiger partial charge in [-0.15, -0.1) is 0 Å². The molecule has 1 N–H and O–H groups in total. The highest BCUT2D eigenvalue weighted by molar-refractivity contribution is 5.05. The first-order valence-electron chi connectivity index (χ1n) is 7.38. The maximum atomic E-state index is 12.6. The largest absolute Gasteiger partial charge is 0.468 e. The maximum absolute atomic E-state index is 12.6. The Bertz CT molecular complexity index is 409. The quantitative estimate of drug-likeness (QED) is 0.901. The molecule has 0 amide bonds. The van der Waals surface area contributed by atoms with E-state index in [2.05, 4.69) is 5.32 Å². The summed E-state index contributed by atoms with van der Waals surface area (Å²) in [6.07, 6.45) is -0.764. The Morgan fingerprint density at radius 2 is 1.95 bits per heavy atom. The van der Waals surface area contributed by atoms with Crippen LogP contribution in [0.2, 0.25) is 0 Å². The molecule has 0 saturated heterocycles. The Kier molecular flexibility index (Phi) is 5.32. The average molecular weight is 304 g/mol. The van der Waals surface area contributed by atoms with Crippen molar-refractivity contribution >= 4 is 0 Å². The van der Waals surface area contributed by atoms with E-state index in [0.717, 1.165) is 5.76 Å². The van der Waals surface area contributed by atoms with Gasteiger partial charge in [0, 0.05) is 12.6 Å². The van der Waals surface area contributed by atoms with Crippen molar-refractivity contribution in [1.29, 1.82) is 0 Å². The fraction of sp³-hybridized carbons (Fsp3) is 0.733. The lowest BCUT2D eigenvalue weighted by Gasteiger charge is -2.32. The standard InChI is InChI=1S/C15H23F3N2O/c1-20(2)13(14-4-3-9-21-14)10-19-12-7-5-11(6-8-12)15(16,17)18/h3-4,9,11-13,19H,5-8,10H2,1-2H3. The van der Waals surface area contributed by atoms with Crippen LogP contribution in [0.3, 0.4) is 0 Å². The number of nitrogens with zero attached hydrogens (tertiary/aromatic N) is 1. The van der Waals surface area contributed by atoms with Gasteiger partial charge in [-0.2, -0.15) is 13.2 Å². The zero-order valence-corrected chi connectivity index (χ0v) is 12.5. The van der Waals surface area contributed by atoms with Gasteiger partial charge in [0.2, 0.25) is 0 Å². The third kappa shape index (κ3) is 4.48. The van der Waals surface area contributed by atoms with Crippen molar-refractivity contribution in [1.82, 2.24) is 10.2 Å². The van der Waals surface area contributed by atoms with E-state index >= 15 is 0 Å². The van der Waals surface area contributed by atoms with E-state index in [1.54, 1.807) is 6.26 Å². The van der Waals surface area contributed by atoms with Crippen LogP contribution in [0.4, 0.5) is 13.2 Å². The highest BCUT2D eigenvalue weighted by Gasteiger charge is 2.41. The Balaban J connectivity index is 1.81. The van der Waals surface area contributed by atoms with Gasteiger partial charge in [0.15, 0.2) is 0 Å². The lowest BCUT2D eigenvalue weighted by Crippen LogP contribution is -2.40. The molecule has 1 atom stereocenters. The first-order valence-corrected chi connectivity index (χ1v) is 7.38. The maximum Gasteiger partial charge on any atom is 0.391 e. The average Bonchev–Trinajstić information content (AvgIpc) is 2.92. The van der Waals surface area contributed by atoms with Crippen LogP contribution in [0, 0.1) is 5.92 Å². The van der Waals surface area contributed by atoms with Crippen LogP contribution in [-0.2, 0) is 0 Å². The van der Waals surface area contributed by atoms with Crippen molar-refractivity contribution in [3.8, 4) is 0 Å². The number of likely N-dealkylation sites (N-methyl/N-ethyl adjacent to an activating group) is 1. The summed E-state index contributed by atoms with van der Waals surface area (Å²) in [5.41, 5.74) is 0.